The average molecular weight is 280 g/mol. The molecule has 0 spiro atoms. The number of esters is 1. The third-order valence-electron chi connectivity index (χ3n) is 3.44. The summed E-state index contributed by atoms with van der Waals surface area (Å²) >= 11 is 1.75. The van der Waals surface area contributed by atoms with E-state index in [1.165, 1.54) is 12.7 Å². The van der Waals surface area contributed by atoms with Crippen molar-refractivity contribution in [1.82, 2.24) is 10.3 Å². The zero-order chi connectivity index (χ0) is 13.7. The maximum absolute atomic E-state index is 11.4. The number of pyridine rings is 1. The summed E-state index contributed by atoms with van der Waals surface area (Å²) in [6.45, 7) is 0.820. The maximum atomic E-state index is 11.4. The second-order valence-corrected chi connectivity index (χ2v) is 6.00. The normalized spacial score (nSPS) is 16.1. The second kappa shape index (κ2) is 6.39. The van der Waals surface area contributed by atoms with Crippen molar-refractivity contribution in [3.63, 3.8) is 0 Å². The first kappa shape index (κ1) is 14.3. The fraction of sp³-hybridized carbons (Fsp3) is 0.571. The lowest BCUT2D eigenvalue weighted by Gasteiger charge is -2.14. The van der Waals surface area contributed by atoms with Gasteiger partial charge in [0.25, 0.3) is 0 Å². The summed E-state index contributed by atoms with van der Waals surface area (Å²) < 4.78 is 4.77. The topological polar surface area (TPSA) is 51.2 Å². The zero-order valence-electron chi connectivity index (χ0n) is 11.4. The molecule has 1 aromatic heterocycles. The number of hydrogen-bond acceptors (Lipinski definition) is 5. The molecule has 0 bridgehead atoms. The molecule has 1 N–H and O–H groups in total. The van der Waals surface area contributed by atoms with Gasteiger partial charge in [-0.25, -0.2) is 4.98 Å². The molecule has 0 atom stereocenters. The lowest BCUT2D eigenvalue weighted by atomic mass is 10.1. The number of rotatable bonds is 7. The SMILES string of the molecule is CNCc1cccnc1SCC1(CC(=O)OC)CC1. The molecule has 5 heteroatoms. The van der Waals surface area contributed by atoms with Crippen LogP contribution in [-0.4, -0.2) is 30.9 Å². The molecule has 0 saturated heterocycles. The second-order valence-electron chi connectivity index (χ2n) is 5.04. The molecule has 0 amide bonds. The fourth-order valence-corrected chi connectivity index (χ4v) is 3.32. The molecule has 0 aromatic carbocycles. The summed E-state index contributed by atoms with van der Waals surface area (Å²) in [6.07, 6.45) is 4.58. The molecule has 4 nitrogen and oxygen atoms in total. The first-order chi connectivity index (χ1) is 9.19. The van der Waals surface area contributed by atoms with E-state index in [-0.39, 0.29) is 11.4 Å². The largest absolute Gasteiger partial charge is 0.469 e. The van der Waals surface area contributed by atoms with E-state index in [1.54, 1.807) is 11.8 Å². The van der Waals surface area contributed by atoms with Crippen molar-refractivity contribution in [3.05, 3.63) is 23.9 Å². The lowest BCUT2D eigenvalue weighted by Crippen LogP contribution is -2.13. The molecule has 1 aromatic rings. The minimum absolute atomic E-state index is 0.102. The summed E-state index contributed by atoms with van der Waals surface area (Å²) in [5.74, 6) is 0.838. The van der Waals surface area contributed by atoms with Crippen LogP contribution in [0.25, 0.3) is 0 Å². The van der Waals surface area contributed by atoms with Gasteiger partial charge in [0.2, 0.25) is 0 Å². The highest BCUT2D eigenvalue weighted by Gasteiger charge is 2.44. The van der Waals surface area contributed by atoms with Crippen LogP contribution in [-0.2, 0) is 16.1 Å². The average Bonchev–Trinajstić information content (AvgIpc) is 3.18. The minimum Gasteiger partial charge on any atom is -0.469 e. The summed E-state index contributed by atoms with van der Waals surface area (Å²) in [5.41, 5.74) is 1.36. The lowest BCUT2D eigenvalue weighted by molar-refractivity contribution is -0.141. The Kier molecular flexibility index (Phi) is 4.82. The van der Waals surface area contributed by atoms with E-state index in [9.17, 15) is 4.79 Å². The van der Waals surface area contributed by atoms with Gasteiger partial charge < -0.3 is 10.1 Å². The number of aromatic nitrogens is 1. The van der Waals surface area contributed by atoms with Gasteiger partial charge in [0.15, 0.2) is 0 Å². The molecule has 19 heavy (non-hydrogen) atoms. The number of carbonyl (C=O) groups excluding carboxylic acids is 1. The molecule has 1 aliphatic rings. The van der Waals surface area contributed by atoms with E-state index in [1.807, 2.05) is 19.3 Å². The number of nitrogens with one attached hydrogen (secondary N) is 1. The van der Waals surface area contributed by atoms with Crippen molar-refractivity contribution in [3.8, 4) is 0 Å². The van der Waals surface area contributed by atoms with Gasteiger partial charge in [0.1, 0.15) is 5.03 Å². The molecular formula is C14H20N2O2S. The highest BCUT2D eigenvalue weighted by molar-refractivity contribution is 7.99. The van der Waals surface area contributed by atoms with Crippen LogP contribution in [0.2, 0.25) is 0 Å². The molecule has 104 valence electrons. The number of carbonyl (C=O) groups is 1. The maximum Gasteiger partial charge on any atom is 0.306 e. The van der Waals surface area contributed by atoms with Gasteiger partial charge in [-0.3, -0.25) is 4.79 Å². The Balaban J connectivity index is 1.93. The minimum atomic E-state index is -0.102. The Morgan fingerprint density at radius 2 is 2.37 bits per heavy atom. The van der Waals surface area contributed by atoms with Crippen LogP contribution < -0.4 is 5.32 Å². The number of thioether (sulfide) groups is 1. The Hall–Kier alpha value is -1.07. The Bertz CT molecular complexity index is 447. The monoisotopic (exact) mass is 280 g/mol. The van der Waals surface area contributed by atoms with Gasteiger partial charge in [-0.05, 0) is 36.9 Å². The number of methoxy groups -OCH3 is 1. The van der Waals surface area contributed by atoms with Gasteiger partial charge in [-0.2, -0.15) is 0 Å². The van der Waals surface area contributed by atoms with E-state index >= 15 is 0 Å². The van der Waals surface area contributed by atoms with Crippen LogP contribution in [0.15, 0.2) is 23.4 Å². The molecule has 0 aliphatic heterocycles. The van der Waals surface area contributed by atoms with Crippen LogP contribution in [0, 0.1) is 5.41 Å². The molecule has 1 saturated carbocycles. The Labute approximate surface area is 118 Å². The molecule has 1 heterocycles. The van der Waals surface area contributed by atoms with Gasteiger partial charge in [0, 0.05) is 18.5 Å². The van der Waals surface area contributed by atoms with Gasteiger partial charge in [-0.1, -0.05) is 6.07 Å². The van der Waals surface area contributed by atoms with Crippen LogP contribution in [0.3, 0.4) is 0 Å². The molecular weight excluding hydrogens is 260 g/mol. The molecule has 1 fully saturated rings. The van der Waals surface area contributed by atoms with Gasteiger partial charge in [0.05, 0.1) is 13.5 Å². The molecule has 1 aliphatic carbocycles. The van der Waals surface area contributed by atoms with Crippen molar-refractivity contribution >= 4 is 17.7 Å². The van der Waals surface area contributed by atoms with Crippen LogP contribution in [0.1, 0.15) is 24.8 Å². The smallest absolute Gasteiger partial charge is 0.306 e. The number of nitrogens with zero attached hydrogens (tertiary/aromatic N) is 1. The fourth-order valence-electron chi connectivity index (χ4n) is 2.03. The van der Waals surface area contributed by atoms with Crippen molar-refractivity contribution in [2.24, 2.45) is 5.41 Å². The summed E-state index contributed by atoms with van der Waals surface area (Å²) in [6, 6.07) is 4.05. The van der Waals surface area contributed by atoms with Crippen molar-refractivity contribution in [2.75, 3.05) is 19.9 Å². The molecule has 0 radical (unpaired) electrons. The first-order valence-corrected chi connectivity index (χ1v) is 7.46. The Morgan fingerprint density at radius 3 is 3.00 bits per heavy atom. The quantitative estimate of drug-likeness (QED) is 0.613. The molecule has 2 rings (SSSR count). The summed E-state index contributed by atoms with van der Waals surface area (Å²) in [7, 11) is 3.39. The summed E-state index contributed by atoms with van der Waals surface area (Å²) in [4.78, 5) is 15.8. The predicted molar refractivity (Wildman–Crippen MR) is 76.0 cm³/mol. The third-order valence-corrected chi connectivity index (χ3v) is 4.83. The van der Waals surface area contributed by atoms with Crippen LogP contribution in [0.4, 0.5) is 0 Å². The van der Waals surface area contributed by atoms with Crippen molar-refractivity contribution in [2.45, 2.75) is 30.8 Å². The van der Waals surface area contributed by atoms with E-state index in [0.29, 0.717) is 6.42 Å². The van der Waals surface area contributed by atoms with E-state index in [4.69, 9.17) is 4.74 Å². The van der Waals surface area contributed by atoms with Gasteiger partial charge in [-0.15, -0.1) is 11.8 Å². The third kappa shape index (κ3) is 3.94. The standard InChI is InChI=1S/C14H20N2O2S/c1-15-9-11-4-3-7-16-13(11)19-10-14(5-6-14)8-12(17)18-2/h3-4,7,15H,5-6,8-10H2,1-2H3. The van der Waals surface area contributed by atoms with E-state index < -0.39 is 0 Å². The number of hydrogen-bond donors (Lipinski definition) is 1. The highest BCUT2D eigenvalue weighted by atomic mass is 32.2. The van der Waals surface area contributed by atoms with Crippen molar-refractivity contribution in [1.29, 1.82) is 0 Å². The predicted octanol–water partition coefficient (Wildman–Crippen LogP) is 2.24. The summed E-state index contributed by atoms with van der Waals surface area (Å²) in [5, 5.41) is 4.21. The highest BCUT2D eigenvalue weighted by Crippen LogP contribution is 2.52. The zero-order valence-corrected chi connectivity index (χ0v) is 12.3. The van der Waals surface area contributed by atoms with E-state index in [2.05, 4.69) is 16.4 Å². The first-order valence-electron chi connectivity index (χ1n) is 6.47. The Morgan fingerprint density at radius 1 is 1.58 bits per heavy atom. The van der Waals surface area contributed by atoms with Crippen molar-refractivity contribution < 1.29 is 9.53 Å². The van der Waals surface area contributed by atoms with E-state index in [0.717, 1.165) is 30.2 Å². The van der Waals surface area contributed by atoms with Crippen LogP contribution >= 0.6 is 11.8 Å². The molecule has 0 unspecified atom stereocenters. The number of ether oxygens (including phenoxy) is 1. The van der Waals surface area contributed by atoms with Gasteiger partial charge >= 0.3 is 5.97 Å². The van der Waals surface area contributed by atoms with Crippen LogP contribution in [0.5, 0.6) is 0 Å².